The average Bonchev–Trinajstić information content (AvgIpc) is 2.60. The molecule has 23 heavy (non-hydrogen) atoms. The zero-order chi connectivity index (χ0) is 16.5. The second-order valence-corrected chi connectivity index (χ2v) is 4.89. The first-order chi connectivity index (χ1) is 11.2. The Balaban J connectivity index is 1.75. The summed E-state index contributed by atoms with van der Waals surface area (Å²) in [6.07, 6.45) is 1.41. The summed E-state index contributed by atoms with van der Waals surface area (Å²) >= 11 is 0. The fourth-order valence-electron chi connectivity index (χ4n) is 2.12. The monoisotopic (exact) mass is 313 g/mol. The van der Waals surface area contributed by atoms with Crippen molar-refractivity contribution in [3.63, 3.8) is 0 Å². The van der Waals surface area contributed by atoms with E-state index in [0.29, 0.717) is 24.3 Å². The van der Waals surface area contributed by atoms with Gasteiger partial charge in [0, 0.05) is 12.1 Å². The van der Waals surface area contributed by atoms with Gasteiger partial charge in [0.05, 0.1) is 7.11 Å². The van der Waals surface area contributed by atoms with Crippen molar-refractivity contribution in [1.29, 1.82) is 0 Å². The smallest absolute Gasteiger partial charge is 0.257 e. The largest absolute Gasteiger partial charge is 0.496 e. The summed E-state index contributed by atoms with van der Waals surface area (Å²) in [5, 5.41) is 2.79. The summed E-state index contributed by atoms with van der Waals surface area (Å²) in [5.41, 5.74) is 1.55. The Kier molecular flexibility index (Phi) is 6.17. The molecule has 0 heterocycles. The molecule has 2 rings (SSSR count). The number of para-hydroxylation sites is 1. The summed E-state index contributed by atoms with van der Waals surface area (Å²) in [6.45, 7) is 0.408. The molecule has 0 aliphatic heterocycles. The highest BCUT2D eigenvalue weighted by Gasteiger charge is 2.05. The number of rotatable bonds is 8. The summed E-state index contributed by atoms with van der Waals surface area (Å²) in [6, 6.07) is 14.4. The Morgan fingerprint density at radius 3 is 2.78 bits per heavy atom. The summed E-state index contributed by atoms with van der Waals surface area (Å²) in [4.78, 5) is 22.5. The molecular formula is C18H19NO4. The molecule has 0 saturated heterocycles. The lowest BCUT2D eigenvalue weighted by Crippen LogP contribution is -2.30. The zero-order valence-electron chi connectivity index (χ0n) is 13.0. The first-order valence-electron chi connectivity index (χ1n) is 7.29. The second kappa shape index (κ2) is 8.58. The molecule has 0 spiro atoms. The third-order valence-electron chi connectivity index (χ3n) is 3.27. The molecule has 0 aliphatic rings. The summed E-state index contributed by atoms with van der Waals surface area (Å²) in [7, 11) is 1.62. The molecular weight excluding hydrogens is 294 g/mol. The van der Waals surface area contributed by atoms with Crippen molar-refractivity contribution >= 4 is 12.2 Å². The lowest BCUT2D eigenvalue weighted by molar-refractivity contribution is -0.123. The van der Waals surface area contributed by atoms with Crippen molar-refractivity contribution in [2.45, 2.75) is 6.42 Å². The van der Waals surface area contributed by atoms with E-state index in [4.69, 9.17) is 9.47 Å². The molecule has 5 nitrogen and oxygen atoms in total. The van der Waals surface area contributed by atoms with Gasteiger partial charge in [-0.15, -0.1) is 0 Å². The van der Waals surface area contributed by atoms with Gasteiger partial charge in [-0.2, -0.15) is 0 Å². The maximum absolute atomic E-state index is 11.8. The van der Waals surface area contributed by atoms with Crippen LogP contribution in [-0.2, 0) is 11.2 Å². The third kappa shape index (κ3) is 5.14. The number of hydrogen-bond acceptors (Lipinski definition) is 4. The quantitative estimate of drug-likeness (QED) is 0.759. The van der Waals surface area contributed by atoms with Crippen molar-refractivity contribution in [2.75, 3.05) is 20.3 Å². The number of carbonyl (C=O) groups is 2. The minimum absolute atomic E-state index is 0.0891. The maximum Gasteiger partial charge on any atom is 0.257 e. The Morgan fingerprint density at radius 1 is 1.17 bits per heavy atom. The Bertz CT molecular complexity index is 670. The molecule has 120 valence electrons. The van der Waals surface area contributed by atoms with Gasteiger partial charge in [-0.1, -0.05) is 30.3 Å². The molecule has 0 fully saturated rings. The molecule has 0 aromatic heterocycles. The summed E-state index contributed by atoms with van der Waals surface area (Å²) < 4.78 is 10.6. The van der Waals surface area contributed by atoms with Gasteiger partial charge in [0.15, 0.2) is 6.61 Å². The van der Waals surface area contributed by atoms with Crippen molar-refractivity contribution in [3.05, 3.63) is 59.7 Å². The van der Waals surface area contributed by atoms with E-state index in [1.165, 1.54) is 0 Å². The van der Waals surface area contributed by atoms with Gasteiger partial charge in [-0.05, 0) is 30.2 Å². The van der Waals surface area contributed by atoms with E-state index in [2.05, 4.69) is 5.32 Å². The first kappa shape index (κ1) is 16.5. The van der Waals surface area contributed by atoms with E-state index < -0.39 is 0 Å². The highest BCUT2D eigenvalue weighted by molar-refractivity contribution is 5.78. The van der Waals surface area contributed by atoms with Gasteiger partial charge in [-0.3, -0.25) is 9.59 Å². The van der Waals surface area contributed by atoms with Crippen LogP contribution >= 0.6 is 0 Å². The number of hydrogen-bond donors (Lipinski definition) is 1. The highest BCUT2D eigenvalue weighted by Crippen LogP contribution is 2.17. The van der Waals surface area contributed by atoms with Crippen LogP contribution in [0.5, 0.6) is 11.5 Å². The Hall–Kier alpha value is -2.82. The van der Waals surface area contributed by atoms with Crippen LogP contribution in [0.2, 0.25) is 0 Å². The van der Waals surface area contributed by atoms with Gasteiger partial charge >= 0.3 is 0 Å². The van der Waals surface area contributed by atoms with Crippen LogP contribution in [0, 0.1) is 0 Å². The maximum atomic E-state index is 11.8. The van der Waals surface area contributed by atoms with Crippen molar-refractivity contribution in [2.24, 2.45) is 0 Å². The number of benzene rings is 2. The van der Waals surface area contributed by atoms with Crippen molar-refractivity contribution in [3.8, 4) is 11.5 Å². The van der Waals surface area contributed by atoms with Crippen molar-refractivity contribution in [1.82, 2.24) is 5.32 Å². The van der Waals surface area contributed by atoms with Crippen LogP contribution in [0.3, 0.4) is 0 Å². The number of ether oxygens (including phenoxy) is 2. The van der Waals surface area contributed by atoms with Gasteiger partial charge in [-0.25, -0.2) is 0 Å². The molecule has 0 radical (unpaired) electrons. The van der Waals surface area contributed by atoms with Crippen LogP contribution in [0.25, 0.3) is 0 Å². The topological polar surface area (TPSA) is 64.6 Å². The van der Waals surface area contributed by atoms with Gasteiger partial charge in [0.25, 0.3) is 5.91 Å². The third-order valence-corrected chi connectivity index (χ3v) is 3.27. The van der Waals surface area contributed by atoms with Gasteiger partial charge < -0.3 is 14.8 Å². The lowest BCUT2D eigenvalue weighted by atomic mass is 10.1. The molecule has 5 heteroatoms. The average molecular weight is 313 g/mol. The normalized spacial score (nSPS) is 9.96. The standard InChI is InChI=1S/C18H19NO4/c1-22-17-8-3-2-6-15(17)9-10-19-18(21)13-23-16-7-4-5-14(11-16)12-20/h2-8,11-12H,9-10,13H2,1H3,(H,19,21). The van der Waals surface area contributed by atoms with Gasteiger partial charge in [0.2, 0.25) is 0 Å². The molecule has 1 amide bonds. The van der Waals surface area contributed by atoms with E-state index in [0.717, 1.165) is 17.6 Å². The molecule has 0 bridgehead atoms. The fraction of sp³-hybridized carbons (Fsp3) is 0.222. The van der Waals surface area contributed by atoms with E-state index in [1.54, 1.807) is 31.4 Å². The number of nitrogens with one attached hydrogen (secondary N) is 1. The summed E-state index contributed by atoms with van der Waals surface area (Å²) in [5.74, 6) is 1.09. The zero-order valence-corrected chi connectivity index (χ0v) is 13.0. The Labute approximate surface area is 135 Å². The number of carbonyl (C=O) groups excluding carboxylic acids is 2. The molecule has 2 aromatic rings. The predicted molar refractivity (Wildman–Crippen MR) is 87.0 cm³/mol. The van der Waals surface area contributed by atoms with Crippen LogP contribution in [0.4, 0.5) is 0 Å². The van der Waals surface area contributed by atoms with E-state index in [-0.39, 0.29) is 12.5 Å². The van der Waals surface area contributed by atoms with Crippen LogP contribution in [0.15, 0.2) is 48.5 Å². The Morgan fingerprint density at radius 2 is 2.00 bits per heavy atom. The first-order valence-corrected chi connectivity index (χ1v) is 7.29. The molecule has 2 aromatic carbocycles. The van der Waals surface area contributed by atoms with E-state index in [1.807, 2.05) is 24.3 Å². The SMILES string of the molecule is COc1ccccc1CCNC(=O)COc1cccc(C=O)c1. The van der Waals surface area contributed by atoms with Crippen molar-refractivity contribution < 1.29 is 19.1 Å². The predicted octanol–water partition coefficient (Wildman–Crippen LogP) is 2.25. The minimum Gasteiger partial charge on any atom is -0.496 e. The van der Waals surface area contributed by atoms with E-state index >= 15 is 0 Å². The number of aldehydes is 1. The molecule has 0 aliphatic carbocycles. The van der Waals surface area contributed by atoms with E-state index in [9.17, 15) is 9.59 Å². The molecule has 1 N–H and O–H groups in total. The van der Waals surface area contributed by atoms with Crippen LogP contribution in [0.1, 0.15) is 15.9 Å². The lowest BCUT2D eigenvalue weighted by Gasteiger charge is -2.10. The minimum atomic E-state index is -0.212. The van der Waals surface area contributed by atoms with Crippen LogP contribution < -0.4 is 14.8 Å². The molecule has 0 saturated carbocycles. The van der Waals surface area contributed by atoms with Crippen LogP contribution in [-0.4, -0.2) is 32.5 Å². The van der Waals surface area contributed by atoms with Gasteiger partial charge in [0.1, 0.15) is 17.8 Å². The number of amides is 1. The molecule has 0 atom stereocenters. The second-order valence-electron chi connectivity index (χ2n) is 4.89. The number of methoxy groups -OCH3 is 1. The molecule has 0 unspecified atom stereocenters. The highest BCUT2D eigenvalue weighted by atomic mass is 16.5. The fourth-order valence-corrected chi connectivity index (χ4v) is 2.12.